The van der Waals surface area contributed by atoms with Crippen LogP contribution in [0.3, 0.4) is 0 Å². The second-order valence-corrected chi connectivity index (χ2v) is 7.02. The molecule has 0 unspecified atom stereocenters. The number of fused-ring (bicyclic) bond motifs is 2. The average Bonchev–Trinajstić information content (AvgIpc) is 3.15. The molecule has 146 valence electrons. The number of benzene rings is 2. The van der Waals surface area contributed by atoms with E-state index in [2.05, 4.69) is 15.6 Å². The molecule has 0 radical (unpaired) electrons. The van der Waals surface area contributed by atoms with Gasteiger partial charge in [-0.25, -0.2) is 4.98 Å². The highest BCUT2D eigenvalue weighted by Crippen LogP contribution is 2.18. The van der Waals surface area contributed by atoms with Crippen LogP contribution in [0.25, 0.3) is 16.4 Å². The second kappa shape index (κ2) is 8.14. The second-order valence-electron chi connectivity index (χ2n) is 7.02. The van der Waals surface area contributed by atoms with Gasteiger partial charge in [0.2, 0.25) is 11.8 Å². The summed E-state index contributed by atoms with van der Waals surface area (Å²) in [5, 5.41) is 7.75. The first kappa shape index (κ1) is 18.7. The number of rotatable bonds is 6. The first-order chi connectivity index (χ1) is 14.1. The first-order valence-electron chi connectivity index (χ1n) is 9.56. The molecular weight excluding hydrogens is 364 g/mol. The van der Waals surface area contributed by atoms with E-state index in [-0.39, 0.29) is 18.2 Å². The molecule has 2 N–H and O–H groups in total. The number of carbonyl (C=O) groups is 2. The highest BCUT2D eigenvalue weighted by atomic mass is 16.2. The van der Waals surface area contributed by atoms with Crippen LogP contribution < -0.4 is 10.6 Å². The first-order valence-corrected chi connectivity index (χ1v) is 9.56. The molecule has 2 heterocycles. The molecular formula is C23H22N4O2. The van der Waals surface area contributed by atoms with Crippen LogP contribution in [0.1, 0.15) is 18.2 Å². The minimum Gasteiger partial charge on any atom is -0.349 e. The Morgan fingerprint density at radius 1 is 1.03 bits per heavy atom. The van der Waals surface area contributed by atoms with Crippen LogP contribution in [0.2, 0.25) is 0 Å². The van der Waals surface area contributed by atoms with E-state index in [4.69, 9.17) is 0 Å². The van der Waals surface area contributed by atoms with Crippen LogP contribution in [0, 0.1) is 0 Å². The summed E-state index contributed by atoms with van der Waals surface area (Å²) in [7, 11) is 0. The van der Waals surface area contributed by atoms with Crippen molar-refractivity contribution in [3.8, 4) is 0 Å². The summed E-state index contributed by atoms with van der Waals surface area (Å²) in [6.45, 7) is 1.99. The largest absolute Gasteiger partial charge is 0.349 e. The van der Waals surface area contributed by atoms with Crippen LogP contribution >= 0.6 is 0 Å². The summed E-state index contributed by atoms with van der Waals surface area (Å²) in [5.41, 5.74) is 2.53. The zero-order valence-corrected chi connectivity index (χ0v) is 16.1. The molecule has 0 bridgehead atoms. The monoisotopic (exact) mass is 386 g/mol. The zero-order chi connectivity index (χ0) is 20.2. The van der Waals surface area contributed by atoms with Crippen LogP contribution in [-0.4, -0.2) is 27.2 Å². The van der Waals surface area contributed by atoms with Gasteiger partial charge in [-0.15, -0.1) is 0 Å². The molecule has 0 saturated heterocycles. The summed E-state index contributed by atoms with van der Waals surface area (Å²) in [6, 6.07) is 19.0. The average molecular weight is 386 g/mol. The Labute approximate surface area is 168 Å². The maximum atomic E-state index is 12.5. The fourth-order valence-corrected chi connectivity index (χ4v) is 3.38. The minimum atomic E-state index is -0.630. The molecule has 0 aliphatic rings. The molecule has 29 heavy (non-hydrogen) atoms. The van der Waals surface area contributed by atoms with Crippen molar-refractivity contribution in [1.29, 1.82) is 0 Å². The third kappa shape index (κ3) is 4.27. The van der Waals surface area contributed by atoms with E-state index in [1.807, 2.05) is 77.5 Å². The van der Waals surface area contributed by atoms with Gasteiger partial charge in [-0.05, 0) is 35.4 Å². The third-order valence-electron chi connectivity index (χ3n) is 4.86. The van der Waals surface area contributed by atoms with Gasteiger partial charge < -0.3 is 15.0 Å². The molecule has 4 rings (SSSR count). The van der Waals surface area contributed by atoms with E-state index in [0.29, 0.717) is 6.54 Å². The van der Waals surface area contributed by atoms with E-state index in [1.165, 1.54) is 0 Å². The fraction of sp³-hybridized carbons (Fsp3) is 0.174. The van der Waals surface area contributed by atoms with Gasteiger partial charge in [0.15, 0.2) is 0 Å². The van der Waals surface area contributed by atoms with Gasteiger partial charge in [0.25, 0.3) is 0 Å². The molecule has 0 aliphatic heterocycles. The Morgan fingerprint density at radius 3 is 2.69 bits per heavy atom. The molecule has 6 heteroatoms. The maximum Gasteiger partial charge on any atom is 0.242 e. The van der Waals surface area contributed by atoms with Gasteiger partial charge >= 0.3 is 0 Å². The topological polar surface area (TPSA) is 75.5 Å². The lowest BCUT2D eigenvalue weighted by Crippen LogP contribution is -2.45. The van der Waals surface area contributed by atoms with Crippen molar-refractivity contribution in [2.24, 2.45) is 0 Å². The SMILES string of the molecule is C[C@H](NC(=O)Cc1cccc2ccccc12)C(=O)NCc1cn2ccccc2n1. The predicted molar refractivity (Wildman–Crippen MR) is 112 cm³/mol. The number of carbonyl (C=O) groups excluding carboxylic acids is 2. The van der Waals surface area contributed by atoms with E-state index >= 15 is 0 Å². The van der Waals surface area contributed by atoms with Crippen LogP contribution in [0.4, 0.5) is 0 Å². The van der Waals surface area contributed by atoms with Crippen LogP contribution in [0.15, 0.2) is 73.1 Å². The Balaban J connectivity index is 1.33. The molecule has 1 atom stereocenters. The van der Waals surface area contributed by atoms with E-state index in [1.54, 1.807) is 6.92 Å². The maximum absolute atomic E-state index is 12.5. The number of nitrogens with one attached hydrogen (secondary N) is 2. The van der Waals surface area contributed by atoms with Crippen LogP contribution in [0.5, 0.6) is 0 Å². The van der Waals surface area contributed by atoms with Crippen molar-refractivity contribution in [3.63, 3.8) is 0 Å². The normalized spacial score (nSPS) is 12.0. The van der Waals surface area contributed by atoms with Crippen molar-refractivity contribution >= 4 is 28.2 Å². The number of nitrogens with zero attached hydrogens (tertiary/aromatic N) is 2. The molecule has 0 spiro atoms. The summed E-state index contributed by atoms with van der Waals surface area (Å²) in [6.07, 6.45) is 4.01. The number of pyridine rings is 1. The molecule has 0 saturated carbocycles. The van der Waals surface area contributed by atoms with Crippen molar-refractivity contribution in [2.75, 3.05) is 0 Å². The number of imidazole rings is 1. The van der Waals surface area contributed by atoms with Gasteiger partial charge in [0, 0.05) is 12.4 Å². The molecule has 4 aromatic rings. The quantitative estimate of drug-likeness (QED) is 0.535. The number of amides is 2. The zero-order valence-electron chi connectivity index (χ0n) is 16.1. The molecule has 0 fully saturated rings. The van der Waals surface area contributed by atoms with Crippen molar-refractivity contribution in [3.05, 3.63) is 84.3 Å². The highest BCUT2D eigenvalue weighted by molar-refractivity contribution is 5.92. The van der Waals surface area contributed by atoms with Gasteiger partial charge in [-0.1, -0.05) is 48.5 Å². The Hall–Kier alpha value is -3.67. The smallest absolute Gasteiger partial charge is 0.242 e. The van der Waals surface area contributed by atoms with Gasteiger partial charge in [-0.3, -0.25) is 9.59 Å². The summed E-state index contributed by atoms with van der Waals surface area (Å²) >= 11 is 0. The van der Waals surface area contributed by atoms with Gasteiger partial charge in [0.1, 0.15) is 11.7 Å². The standard InChI is InChI=1S/C23H22N4O2/c1-16(23(29)24-14-19-15-27-12-5-4-11-21(27)26-19)25-22(28)13-18-9-6-8-17-7-2-3-10-20(17)18/h2-12,15-16H,13-14H2,1H3,(H,24,29)(H,25,28)/t16-/m0/s1. The molecule has 2 aromatic heterocycles. The molecule has 2 amide bonds. The lowest BCUT2D eigenvalue weighted by atomic mass is 10.0. The third-order valence-corrected chi connectivity index (χ3v) is 4.86. The lowest BCUT2D eigenvalue weighted by molar-refractivity contribution is -0.128. The summed E-state index contributed by atoms with van der Waals surface area (Å²) < 4.78 is 1.90. The van der Waals surface area contributed by atoms with Crippen molar-refractivity contribution in [2.45, 2.75) is 25.9 Å². The summed E-state index contributed by atoms with van der Waals surface area (Å²) in [4.78, 5) is 29.3. The Kier molecular flexibility index (Phi) is 5.24. The van der Waals surface area contributed by atoms with Crippen LogP contribution in [-0.2, 0) is 22.6 Å². The van der Waals surface area contributed by atoms with Crippen molar-refractivity contribution in [1.82, 2.24) is 20.0 Å². The number of aromatic nitrogens is 2. The highest BCUT2D eigenvalue weighted by Gasteiger charge is 2.16. The fourth-order valence-electron chi connectivity index (χ4n) is 3.38. The summed E-state index contributed by atoms with van der Waals surface area (Å²) in [5.74, 6) is -0.426. The Bertz CT molecular complexity index is 1140. The lowest BCUT2D eigenvalue weighted by Gasteiger charge is -2.14. The van der Waals surface area contributed by atoms with Gasteiger partial charge in [-0.2, -0.15) is 0 Å². The van der Waals surface area contributed by atoms with E-state index in [0.717, 1.165) is 27.7 Å². The van der Waals surface area contributed by atoms with Crippen molar-refractivity contribution < 1.29 is 9.59 Å². The predicted octanol–water partition coefficient (Wildman–Crippen LogP) is 2.85. The number of hydrogen-bond donors (Lipinski definition) is 2. The van der Waals surface area contributed by atoms with E-state index in [9.17, 15) is 9.59 Å². The molecule has 6 nitrogen and oxygen atoms in total. The molecule has 2 aromatic carbocycles. The van der Waals surface area contributed by atoms with Gasteiger partial charge in [0.05, 0.1) is 18.7 Å². The minimum absolute atomic E-state index is 0.184. The number of hydrogen-bond acceptors (Lipinski definition) is 3. The Morgan fingerprint density at radius 2 is 1.83 bits per heavy atom. The van der Waals surface area contributed by atoms with E-state index < -0.39 is 6.04 Å². The molecule has 0 aliphatic carbocycles.